The summed E-state index contributed by atoms with van der Waals surface area (Å²) in [4.78, 5) is 2.70. The average Bonchev–Trinajstić information content (AvgIpc) is 2.97. The third-order valence-electron chi connectivity index (χ3n) is 6.00. The van der Waals surface area contributed by atoms with Gasteiger partial charge in [0, 0.05) is 19.6 Å². The van der Waals surface area contributed by atoms with Crippen LogP contribution in [0.5, 0.6) is 0 Å². The van der Waals surface area contributed by atoms with Crippen molar-refractivity contribution in [2.75, 3.05) is 19.6 Å². The molecule has 2 heterocycles. The van der Waals surface area contributed by atoms with Crippen molar-refractivity contribution in [1.29, 1.82) is 0 Å². The number of fused-ring (bicyclic) bond motifs is 4. The highest BCUT2D eigenvalue weighted by Crippen LogP contribution is 2.34. The third-order valence-corrected chi connectivity index (χ3v) is 6.00. The smallest absolute Gasteiger partial charge is 0.0172 e. The predicted octanol–water partition coefficient (Wildman–Crippen LogP) is 5.97. The Morgan fingerprint density at radius 3 is 1.96 bits per heavy atom. The molecule has 1 aliphatic carbocycles. The van der Waals surface area contributed by atoms with Gasteiger partial charge in [0.1, 0.15) is 0 Å². The molecule has 3 fully saturated rings. The number of hydrogen-bond acceptors (Lipinski definition) is 1. The summed E-state index contributed by atoms with van der Waals surface area (Å²) < 4.78 is 0. The summed E-state index contributed by atoms with van der Waals surface area (Å²) in [6.45, 7) is 5.82. The third kappa shape index (κ3) is 4.58. The average molecular weight is 368 g/mol. The Bertz CT molecular complexity index is 698. The van der Waals surface area contributed by atoms with Gasteiger partial charge in [-0.15, -0.1) is 12.4 Å². The standard InChI is InChI=1S/C24H29N.ClH/c1-19-7-13-23(14-8-19)24(22-5-3-2-4-6-22)15-16-25-17-20-9-10-21(18-25)12-11-20;/h2-8,13-15,20-21H,9-12,16-18H2,1H3;1H. The summed E-state index contributed by atoms with van der Waals surface area (Å²) in [7, 11) is 0. The Morgan fingerprint density at radius 1 is 0.846 bits per heavy atom. The van der Waals surface area contributed by atoms with Gasteiger partial charge in [0.05, 0.1) is 0 Å². The highest BCUT2D eigenvalue weighted by Gasteiger charge is 2.28. The lowest BCUT2D eigenvalue weighted by atomic mass is 9.84. The van der Waals surface area contributed by atoms with E-state index >= 15 is 0 Å². The lowest BCUT2D eigenvalue weighted by molar-refractivity contribution is 0.279. The van der Waals surface area contributed by atoms with Crippen LogP contribution in [0.3, 0.4) is 0 Å². The van der Waals surface area contributed by atoms with Gasteiger partial charge in [-0.05, 0) is 61.1 Å². The first-order valence-electron chi connectivity index (χ1n) is 9.83. The topological polar surface area (TPSA) is 3.24 Å². The quantitative estimate of drug-likeness (QED) is 0.643. The van der Waals surface area contributed by atoms with Crippen LogP contribution in [0.1, 0.15) is 42.4 Å². The molecule has 0 unspecified atom stereocenters. The van der Waals surface area contributed by atoms with E-state index in [2.05, 4.69) is 72.5 Å². The van der Waals surface area contributed by atoms with Crippen LogP contribution in [0.2, 0.25) is 0 Å². The van der Waals surface area contributed by atoms with E-state index in [4.69, 9.17) is 0 Å². The molecule has 5 rings (SSSR count). The number of aryl methyl sites for hydroxylation is 1. The highest BCUT2D eigenvalue weighted by molar-refractivity contribution is 5.85. The van der Waals surface area contributed by atoms with Crippen molar-refractivity contribution < 1.29 is 0 Å². The van der Waals surface area contributed by atoms with Crippen molar-refractivity contribution in [2.24, 2.45) is 11.8 Å². The largest absolute Gasteiger partial charge is 0.299 e. The van der Waals surface area contributed by atoms with Gasteiger partial charge < -0.3 is 0 Å². The van der Waals surface area contributed by atoms with Gasteiger partial charge in [-0.2, -0.15) is 0 Å². The van der Waals surface area contributed by atoms with Crippen LogP contribution in [0.4, 0.5) is 0 Å². The number of hydrogen-bond donors (Lipinski definition) is 0. The van der Waals surface area contributed by atoms with Crippen LogP contribution in [0, 0.1) is 18.8 Å². The zero-order valence-electron chi connectivity index (χ0n) is 15.7. The fourth-order valence-corrected chi connectivity index (χ4v) is 4.52. The maximum absolute atomic E-state index is 2.70. The van der Waals surface area contributed by atoms with Crippen molar-refractivity contribution in [3.8, 4) is 0 Å². The molecule has 3 aliphatic rings. The second-order valence-electron chi connectivity index (χ2n) is 7.96. The first-order valence-corrected chi connectivity index (χ1v) is 9.83. The molecule has 138 valence electrons. The van der Waals surface area contributed by atoms with Crippen molar-refractivity contribution in [3.05, 3.63) is 77.4 Å². The number of rotatable bonds is 4. The van der Waals surface area contributed by atoms with Crippen LogP contribution in [-0.4, -0.2) is 24.5 Å². The lowest BCUT2D eigenvalue weighted by Crippen LogP contribution is -2.28. The maximum atomic E-state index is 2.70. The van der Waals surface area contributed by atoms with E-state index < -0.39 is 0 Å². The van der Waals surface area contributed by atoms with Crippen LogP contribution < -0.4 is 0 Å². The SMILES string of the molecule is Cc1ccc(C(=CCN2CC3CCC(CC3)C2)c2ccccc2)cc1.Cl. The highest BCUT2D eigenvalue weighted by atomic mass is 35.5. The van der Waals surface area contributed by atoms with Crippen molar-refractivity contribution >= 4 is 18.0 Å². The van der Waals surface area contributed by atoms with Crippen LogP contribution >= 0.6 is 12.4 Å². The molecule has 2 aliphatic heterocycles. The van der Waals surface area contributed by atoms with Gasteiger partial charge >= 0.3 is 0 Å². The molecule has 1 saturated carbocycles. The molecule has 2 aromatic rings. The Morgan fingerprint density at radius 2 is 1.38 bits per heavy atom. The predicted molar refractivity (Wildman–Crippen MR) is 114 cm³/mol. The van der Waals surface area contributed by atoms with Gasteiger partial charge in [-0.25, -0.2) is 0 Å². The molecule has 0 aromatic heterocycles. The fourth-order valence-electron chi connectivity index (χ4n) is 4.52. The summed E-state index contributed by atoms with van der Waals surface area (Å²) in [5, 5.41) is 0. The molecule has 1 nitrogen and oxygen atoms in total. The van der Waals surface area contributed by atoms with Gasteiger partial charge in [-0.3, -0.25) is 4.90 Å². The Hall–Kier alpha value is -1.57. The minimum atomic E-state index is 0. The zero-order valence-corrected chi connectivity index (χ0v) is 16.5. The molecule has 0 N–H and O–H groups in total. The molecule has 0 amide bonds. The first-order chi connectivity index (χ1) is 12.3. The van der Waals surface area contributed by atoms with E-state index in [9.17, 15) is 0 Å². The molecule has 2 aromatic carbocycles. The van der Waals surface area contributed by atoms with Crippen LogP contribution in [0.15, 0.2) is 60.7 Å². The van der Waals surface area contributed by atoms with Gasteiger partial charge in [0.15, 0.2) is 0 Å². The molecule has 2 heteroatoms. The van der Waals surface area contributed by atoms with Crippen molar-refractivity contribution in [3.63, 3.8) is 0 Å². The number of halogens is 1. The Kier molecular flexibility index (Phi) is 6.56. The number of benzene rings is 2. The minimum Gasteiger partial charge on any atom is -0.299 e. The molecule has 0 spiro atoms. The van der Waals surface area contributed by atoms with E-state index in [0.29, 0.717) is 0 Å². The summed E-state index contributed by atoms with van der Waals surface area (Å²) in [6.07, 6.45) is 8.27. The van der Waals surface area contributed by atoms with Gasteiger partial charge in [0.25, 0.3) is 0 Å². The monoisotopic (exact) mass is 367 g/mol. The molecule has 0 atom stereocenters. The van der Waals surface area contributed by atoms with Crippen LogP contribution in [0.25, 0.3) is 5.57 Å². The molecule has 2 saturated heterocycles. The zero-order chi connectivity index (χ0) is 17.1. The second-order valence-corrected chi connectivity index (χ2v) is 7.96. The minimum absolute atomic E-state index is 0. The van der Waals surface area contributed by atoms with E-state index in [1.807, 2.05) is 0 Å². The molecule has 2 bridgehead atoms. The summed E-state index contributed by atoms with van der Waals surface area (Å²) in [5.74, 6) is 1.87. The van der Waals surface area contributed by atoms with Gasteiger partial charge in [0.2, 0.25) is 0 Å². The van der Waals surface area contributed by atoms with Gasteiger partial charge in [-0.1, -0.05) is 66.2 Å². The maximum Gasteiger partial charge on any atom is 0.0172 e. The first kappa shape index (κ1) is 19.2. The Balaban J connectivity index is 0.00000196. The molecule has 26 heavy (non-hydrogen) atoms. The fraction of sp³-hybridized carbons (Fsp3) is 0.417. The molecular formula is C24H30ClN. The van der Waals surface area contributed by atoms with Crippen molar-refractivity contribution in [1.82, 2.24) is 4.90 Å². The lowest BCUT2D eigenvalue weighted by Gasteiger charge is -2.21. The van der Waals surface area contributed by atoms with E-state index in [0.717, 1.165) is 18.4 Å². The van der Waals surface area contributed by atoms with E-state index in [1.165, 1.54) is 61.0 Å². The molecule has 0 radical (unpaired) electrons. The summed E-state index contributed by atoms with van der Waals surface area (Å²) in [6, 6.07) is 19.8. The van der Waals surface area contributed by atoms with Crippen LogP contribution in [-0.2, 0) is 0 Å². The second kappa shape index (κ2) is 8.88. The summed E-state index contributed by atoms with van der Waals surface area (Å²) >= 11 is 0. The normalized spacial score (nSPS) is 23.3. The summed E-state index contributed by atoms with van der Waals surface area (Å²) in [5.41, 5.74) is 5.34. The molecular weight excluding hydrogens is 338 g/mol. The van der Waals surface area contributed by atoms with Crippen molar-refractivity contribution in [2.45, 2.75) is 32.6 Å². The number of nitrogens with zero attached hydrogens (tertiary/aromatic N) is 1. The van der Waals surface area contributed by atoms with E-state index in [-0.39, 0.29) is 12.4 Å². The Labute approximate surface area is 164 Å². The van der Waals surface area contributed by atoms with E-state index in [1.54, 1.807) is 0 Å².